The summed E-state index contributed by atoms with van der Waals surface area (Å²) in [6, 6.07) is 8.01. The van der Waals surface area contributed by atoms with E-state index in [2.05, 4.69) is 38.7 Å². The molecule has 0 saturated carbocycles. The molecule has 3 aromatic rings. The Morgan fingerprint density at radius 1 is 1.06 bits per heavy atom. The van der Waals surface area contributed by atoms with Gasteiger partial charge in [-0.2, -0.15) is 0 Å². The normalized spacial score (nSPS) is 11.2. The summed E-state index contributed by atoms with van der Waals surface area (Å²) in [4.78, 5) is 32.7. The minimum absolute atomic E-state index is 0.113. The zero-order chi connectivity index (χ0) is 22.9. The molecule has 0 aliphatic carbocycles. The summed E-state index contributed by atoms with van der Waals surface area (Å²) < 4.78 is 2.27. The van der Waals surface area contributed by atoms with E-state index in [1.165, 1.54) is 0 Å². The number of fused-ring (bicyclic) bond motifs is 3. The summed E-state index contributed by atoms with van der Waals surface area (Å²) in [5.74, 6) is 1.18. The maximum absolute atomic E-state index is 11.9. The lowest BCUT2D eigenvalue weighted by Gasteiger charge is -2.11. The number of aryl methyl sites for hydroxylation is 2. The lowest BCUT2D eigenvalue weighted by Crippen LogP contribution is -2.35. The van der Waals surface area contributed by atoms with Crippen molar-refractivity contribution in [1.29, 1.82) is 0 Å². The van der Waals surface area contributed by atoms with Gasteiger partial charge in [-0.15, -0.1) is 0 Å². The number of para-hydroxylation sites is 1. The minimum atomic E-state index is -0.199. The number of benzene rings is 1. The number of amides is 2. The highest BCUT2D eigenvalue weighted by Gasteiger charge is 2.16. The molecule has 0 unspecified atom stereocenters. The van der Waals surface area contributed by atoms with Crippen molar-refractivity contribution in [2.45, 2.75) is 58.4 Å². The molecule has 9 heteroatoms. The van der Waals surface area contributed by atoms with E-state index in [-0.39, 0.29) is 24.7 Å². The summed E-state index contributed by atoms with van der Waals surface area (Å²) in [6.45, 7) is 3.54. The quantitative estimate of drug-likeness (QED) is 0.254. The Balaban J connectivity index is 1.66. The molecule has 0 spiro atoms. The molecule has 3 rings (SSSR count). The van der Waals surface area contributed by atoms with Crippen molar-refractivity contribution in [3.8, 4) is 0 Å². The Morgan fingerprint density at radius 2 is 1.84 bits per heavy atom. The van der Waals surface area contributed by atoms with E-state index in [0.29, 0.717) is 12.4 Å². The molecule has 1 aromatic carbocycles. The van der Waals surface area contributed by atoms with Gasteiger partial charge in [0.05, 0.1) is 11.0 Å². The molecule has 2 heterocycles. The van der Waals surface area contributed by atoms with Gasteiger partial charge in [0, 0.05) is 44.8 Å². The number of aromatic nitrogens is 3. The number of unbranched alkanes of at least 4 members (excludes halogenated alkanes) is 2. The zero-order valence-corrected chi connectivity index (χ0v) is 18.9. The third-order valence-electron chi connectivity index (χ3n) is 5.42. The van der Waals surface area contributed by atoms with Crippen LogP contribution in [0.25, 0.3) is 21.9 Å². The fraction of sp³-hybridized carbons (Fsp3) is 0.478. The number of hydrogen-bond donors (Lipinski definition) is 4. The van der Waals surface area contributed by atoms with E-state index in [1.54, 1.807) is 7.05 Å². The second-order valence-electron chi connectivity index (χ2n) is 7.85. The van der Waals surface area contributed by atoms with Crippen molar-refractivity contribution in [3.63, 3.8) is 0 Å². The molecule has 0 bridgehead atoms. The van der Waals surface area contributed by atoms with Gasteiger partial charge in [0.2, 0.25) is 11.8 Å². The van der Waals surface area contributed by atoms with Crippen LogP contribution in [0.3, 0.4) is 0 Å². The number of anilines is 1. The maximum Gasteiger partial charge on any atom is 0.234 e. The van der Waals surface area contributed by atoms with Crippen LogP contribution >= 0.6 is 0 Å². The largest absolute Gasteiger partial charge is 0.382 e. The molecular weight excluding hydrogens is 406 g/mol. The second kappa shape index (κ2) is 11.4. The topological polar surface area (TPSA) is 127 Å². The van der Waals surface area contributed by atoms with Gasteiger partial charge < -0.3 is 15.6 Å². The van der Waals surface area contributed by atoms with Crippen molar-refractivity contribution >= 4 is 39.6 Å². The second-order valence-corrected chi connectivity index (χ2v) is 7.85. The average Bonchev–Trinajstić information content (AvgIpc) is 3.15. The zero-order valence-electron chi connectivity index (χ0n) is 18.9. The molecule has 32 heavy (non-hydrogen) atoms. The first-order chi connectivity index (χ1) is 15.5. The van der Waals surface area contributed by atoms with Gasteiger partial charge >= 0.3 is 0 Å². The van der Waals surface area contributed by atoms with Gasteiger partial charge in [0.15, 0.2) is 5.82 Å². The number of imidazole rings is 1. The lowest BCUT2D eigenvalue weighted by molar-refractivity contribution is -0.126. The van der Waals surface area contributed by atoms with Crippen LogP contribution in [0.2, 0.25) is 0 Å². The van der Waals surface area contributed by atoms with E-state index in [9.17, 15) is 9.59 Å². The predicted octanol–water partition coefficient (Wildman–Crippen LogP) is 2.44. The summed E-state index contributed by atoms with van der Waals surface area (Å²) in [7, 11) is 1.61. The van der Waals surface area contributed by atoms with Crippen molar-refractivity contribution < 1.29 is 9.59 Å². The van der Waals surface area contributed by atoms with Crippen molar-refractivity contribution in [1.82, 2.24) is 30.7 Å². The van der Waals surface area contributed by atoms with Crippen molar-refractivity contribution in [2.24, 2.45) is 0 Å². The van der Waals surface area contributed by atoms with Gasteiger partial charge in [-0.1, -0.05) is 31.5 Å². The Hall–Kier alpha value is -3.20. The van der Waals surface area contributed by atoms with Crippen LogP contribution in [0.15, 0.2) is 24.3 Å². The number of pyridine rings is 1. The first-order valence-corrected chi connectivity index (χ1v) is 11.3. The van der Waals surface area contributed by atoms with E-state index >= 15 is 0 Å². The number of carbonyl (C=O) groups excluding carboxylic acids is 2. The highest BCUT2D eigenvalue weighted by atomic mass is 16.2. The molecular formula is C23H33N7O2. The van der Waals surface area contributed by atoms with E-state index in [0.717, 1.165) is 66.4 Å². The number of nitrogens with zero attached hydrogens (tertiary/aromatic N) is 3. The van der Waals surface area contributed by atoms with Crippen LogP contribution in [-0.2, 0) is 22.6 Å². The van der Waals surface area contributed by atoms with Crippen LogP contribution in [0.4, 0.5) is 5.82 Å². The number of rotatable bonds is 12. The molecule has 5 N–H and O–H groups in total. The minimum Gasteiger partial charge on any atom is -0.382 e. The van der Waals surface area contributed by atoms with Crippen LogP contribution in [0.1, 0.15) is 51.3 Å². The number of nitrogens with one attached hydrogen (secondary N) is 3. The molecule has 0 atom stereocenters. The summed E-state index contributed by atoms with van der Waals surface area (Å²) in [5.41, 5.74) is 13.9. The lowest BCUT2D eigenvalue weighted by atomic mass is 10.2. The van der Waals surface area contributed by atoms with Gasteiger partial charge in [0.25, 0.3) is 0 Å². The highest BCUT2D eigenvalue weighted by molar-refractivity contribution is 6.06. The molecule has 9 nitrogen and oxygen atoms in total. The third-order valence-corrected chi connectivity index (χ3v) is 5.42. The average molecular weight is 440 g/mol. The Bertz CT molecular complexity index is 1080. The Kier molecular flexibility index (Phi) is 8.38. The first kappa shape index (κ1) is 23.5. The number of nitrogens with two attached hydrogens (primary N) is 1. The molecule has 0 aliphatic heterocycles. The first-order valence-electron chi connectivity index (χ1n) is 11.3. The van der Waals surface area contributed by atoms with Crippen LogP contribution in [0.5, 0.6) is 0 Å². The Labute approximate surface area is 188 Å². The monoisotopic (exact) mass is 439 g/mol. The SMILES string of the molecule is CCCCc1nc2c(N)nc3ccccc3c2n1CCCCNC(=O)CCC(=O)NNC. The number of hydrazine groups is 1. The number of hydrogen-bond acceptors (Lipinski definition) is 6. The van der Waals surface area contributed by atoms with Crippen molar-refractivity contribution in [2.75, 3.05) is 19.3 Å². The van der Waals surface area contributed by atoms with Gasteiger partial charge in [-0.3, -0.25) is 15.0 Å². The number of nitrogen functional groups attached to an aromatic ring is 1. The molecule has 0 radical (unpaired) electrons. The fourth-order valence-electron chi connectivity index (χ4n) is 3.81. The third kappa shape index (κ3) is 5.73. The van der Waals surface area contributed by atoms with Crippen LogP contribution in [-0.4, -0.2) is 39.9 Å². The van der Waals surface area contributed by atoms with Gasteiger partial charge in [0.1, 0.15) is 11.3 Å². The van der Waals surface area contributed by atoms with Crippen LogP contribution < -0.4 is 21.9 Å². The molecule has 2 amide bonds. The van der Waals surface area contributed by atoms with Crippen LogP contribution in [0, 0.1) is 0 Å². The number of carbonyl (C=O) groups is 2. The molecule has 172 valence electrons. The Morgan fingerprint density at radius 3 is 2.62 bits per heavy atom. The molecule has 0 saturated heterocycles. The fourth-order valence-corrected chi connectivity index (χ4v) is 3.81. The predicted molar refractivity (Wildman–Crippen MR) is 127 cm³/mol. The summed E-state index contributed by atoms with van der Waals surface area (Å²) in [5, 5.41) is 3.95. The van der Waals surface area contributed by atoms with Gasteiger partial charge in [-0.25, -0.2) is 15.4 Å². The molecule has 0 fully saturated rings. The summed E-state index contributed by atoms with van der Waals surface area (Å²) >= 11 is 0. The highest BCUT2D eigenvalue weighted by Crippen LogP contribution is 2.29. The smallest absolute Gasteiger partial charge is 0.234 e. The molecule has 0 aliphatic rings. The van der Waals surface area contributed by atoms with Gasteiger partial charge in [-0.05, 0) is 25.3 Å². The molecule has 2 aromatic heterocycles. The maximum atomic E-state index is 11.9. The summed E-state index contributed by atoms with van der Waals surface area (Å²) in [6.07, 6.45) is 5.11. The van der Waals surface area contributed by atoms with E-state index < -0.39 is 0 Å². The van der Waals surface area contributed by atoms with E-state index in [1.807, 2.05) is 18.2 Å². The van der Waals surface area contributed by atoms with Crippen molar-refractivity contribution in [3.05, 3.63) is 30.1 Å². The van der Waals surface area contributed by atoms with E-state index in [4.69, 9.17) is 10.7 Å². The standard InChI is InChI=1S/C23H33N7O2/c1-3-4-11-18-28-21-22(16-9-5-6-10-17(16)27-23(21)24)30(18)15-8-7-14-26-19(31)12-13-20(32)29-25-2/h5-6,9-10,25H,3-4,7-8,11-15H2,1-2H3,(H2,24,27)(H,26,31)(H,29,32).